The van der Waals surface area contributed by atoms with E-state index >= 15 is 0 Å². The van der Waals surface area contributed by atoms with Crippen molar-refractivity contribution < 1.29 is 28.5 Å². The molecule has 0 bridgehead atoms. The predicted octanol–water partition coefficient (Wildman–Crippen LogP) is 5.33. The van der Waals surface area contributed by atoms with Crippen molar-refractivity contribution in [2.24, 2.45) is 0 Å². The summed E-state index contributed by atoms with van der Waals surface area (Å²) in [6.45, 7) is 1.54. The molecule has 0 saturated heterocycles. The molecule has 1 aliphatic carbocycles. The van der Waals surface area contributed by atoms with Gasteiger partial charge in [-0.3, -0.25) is 0 Å². The van der Waals surface area contributed by atoms with Gasteiger partial charge in [0.15, 0.2) is 11.5 Å². The van der Waals surface area contributed by atoms with E-state index in [0.29, 0.717) is 71.0 Å². The van der Waals surface area contributed by atoms with Crippen LogP contribution in [0.25, 0.3) is 10.9 Å². The lowest BCUT2D eigenvalue weighted by Crippen LogP contribution is -2.39. The number of fused-ring (bicyclic) bond motifs is 3. The summed E-state index contributed by atoms with van der Waals surface area (Å²) in [6.07, 6.45) is 6.90. The van der Waals surface area contributed by atoms with Gasteiger partial charge in [-0.2, -0.15) is 0 Å². The summed E-state index contributed by atoms with van der Waals surface area (Å²) in [5.41, 5.74) is 1.06. The number of methoxy groups -OCH3 is 1. The van der Waals surface area contributed by atoms with Gasteiger partial charge in [-0.15, -0.1) is 0 Å². The Morgan fingerprint density at radius 3 is 2.68 bits per heavy atom. The molecule has 0 radical (unpaired) electrons. The number of halogens is 1. The second-order valence-corrected chi connectivity index (χ2v) is 9.23. The number of nitrogens with zero attached hydrogens (tertiary/aromatic N) is 2. The Balaban J connectivity index is 1.36. The van der Waals surface area contributed by atoms with Gasteiger partial charge in [0, 0.05) is 25.3 Å². The highest BCUT2D eigenvalue weighted by atomic mass is 35.5. The number of aromatic nitrogens is 2. The monoisotopic (exact) mass is 528 g/mol. The summed E-state index contributed by atoms with van der Waals surface area (Å²) < 4.78 is 28.8. The van der Waals surface area contributed by atoms with Crippen molar-refractivity contribution in [1.82, 2.24) is 15.3 Å². The van der Waals surface area contributed by atoms with Gasteiger partial charge < -0.3 is 34.3 Å². The van der Waals surface area contributed by atoms with Gasteiger partial charge in [0.05, 0.1) is 22.8 Å². The molecule has 0 spiro atoms. The Bertz CT molecular complexity index is 1270. The number of carbonyl (C=O) groups excluding carboxylic acids is 1. The van der Waals surface area contributed by atoms with E-state index in [-0.39, 0.29) is 18.0 Å². The summed E-state index contributed by atoms with van der Waals surface area (Å²) >= 11 is 6.47. The van der Waals surface area contributed by atoms with Crippen LogP contribution in [0.1, 0.15) is 32.1 Å². The zero-order valence-electron chi connectivity index (χ0n) is 20.5. The van der Waals surface area contributed by atoms with Crippen LogP contribution in [-0.4, -0.2) is 55.6 Å². The van der Waals surface area contributed by atoms with Crippen LogP contribution in [0.3, 0.4) is 0 Å². The van der Waals surface area contributed by atoms with Crippen LogP contribution >= 0.6 is 11.6 Å². The number of anilines is 1. The molecule has 37 heavy (non-hydrogen) atoms. The lowest BCUT2D eigenvalue weighted by Gasteiger charge is -2.23. The number of benzene rings is 2. The highest BCUT2D eigenvalue weighted by Gasteiger charge is 2.25. The third-order valence-corrected chi connectivity index (χ3v) is 6.54. The molecule has 2 N–H and O–H groups in total. The fourth-order valence-electron chi connectivity index (χ4n) is 4.46. The van der Waals surface area contributed by atoms with Gasteiger partial charge in [0.25, 0.3) is 0 Å². The molecule has 11 heteroatoms. The molecule has 1 aromatic heterocycles. The molecule has 3 aromatic rings. The molecular weight excluding hydrogens is 500 g/mol. The maximum atomic E-state index is 12.4. The van der Waals surface area contributed by atoms with Crippen molar-refractivity contribution in [3.63, 3.8) is 0 Å². The number of urea groups is 1. The van der Waals surface area contributed by atoms with Gasteiger partial charge in [0.1, 0.15) is 37.3 Å². The minimum Gasteiger partial charge on any atom is -0.487 e. The van der Waals surface area contributed by atoms with E-state index in [1.807, 2.05) is 0 Å². The fraction of sp³-hybridized carbons (Fsp3) is 0.423. The second-order valence-electron chi connectivity index (χ2n) is 8.82. The van der Waals surface area contributed by atoms with Gasteiger partial charge >= 0.3 is 6.03 Å². The molecule has 2 heterocycles. The molecule has 1 fully saturated rings. The summed E-state index contributed by atoms with van der Waals surface area (Å²) in [7, 11) is 1.61. The van der Waals surface area contributed by atoms with Crippen molar-refractivity contribution in [1.29, 1.82) is 0 Å². The van der Waals surface area contributed by atoms with Crippen molar-refractivity contribution in [2.75, 3.05) is 38.9 Å². The van der Waals surface area contributed by atoms with Crippen molar-refractivity contribution in [3.8, 4) is 28.9 Å². The van der Waals surface area contributed by atoms with Gasteiger partial charge in [-0.05, 0) is 25.0 Å². The number of amides is 2. The SMILES string of the molecule is COCCOc1cc2ncnc(Oc3ccc(NC(=O)NC4CCCCC4)c(Cl)c3)c2c2c1OCCO2. The first-order chi connectivity index (χ1) is 18.1. The first-order valence-electron chi connectivity index (χ1n) is 12.4. The molecule has 2 aromatic carbocycles. The normalized spacial score (nSPS) is 15.3. The van der Waals surface area contributed by atoms with Crippen LogP contribution in [-0.2, 0) is 4.74 Å². The first-order valence-corrected chi connectivity index (χ1v) is 12.7. The van der Waals surface area contributed by atoms with Crippen LogP contribution in [0.5, 0.6) is 28.9 Å². The van der Waals surface area contributed by atoms with Crippen molar-refractivity contribution >= 4 is 34.2 Å². The zero-order valence-corrected chi connectivity index (χ0v) is 21.3. The number of ether oxygens (including phenoxy) is 5. The average Bonchev–Trinajstić information content (AvgIpc) is 2.91. The fourth-order valence-corrected chi connectivity index (χ4v) is 4.68. The van der Waals surface area contributed by atoms with Gasteiger partial charge in [0.2, 0.25) is 11.6 Å². The Morgan fingerprint density at radius 1 is 1.08 bits per heavy atom. The van der Waals surface area contributed by atoms with Crippen LogP contribution in [0, 0.1) is 0 Å². The van der Waals surface area contributed by atoms with E-state index in [4.69, 9.17) is 35.3 Å². The molecule has 196 valence electrons. The second kappa shape index (κ2) is 11.7. The van der Waals surface area contributed by atoms with E-state index in [1.165, 1.54) is 12.7 Å². The maximum Gasteiger partial charge on any atom is 0.319 e. The molecule has 5 rings (SSSR count). The molecule has 2 aliphatic rings. The van der Waals surface area contributed by atoms with E-state index in [1.54, 1.807) is 31.4 Å². The van der Waals surface area contributed by atoms with Crippen LogP contribution in [0.15, 0.2) is 30.6 Å². The Morgan fingerprint density at radius 2 is 1.89 bits per heavy atom. The number of nitrogens with one attached hydrogen (secondary N) is 2. The number of hydrogen-bond donors (Lipinski definition) is 2. The quantitative estimate of drug-likeness (QED) is 0.377. The smallest absolute Gasteiger partial charge is 0.319 e. The summed E-state index contributed by atoms with van der Waals surface area (Å²) in [6, 6.07) is 6.72. The molecule has 0 atom stereocenters. The van der Waals surface area contributed by atoms with E-state index in [2.05, 4.69) is 20.6 Å². The third-order valence-electron chi connectivity index (χ3n) is 6.23. The van der Waals surface area contributed by atoms with E-state index < -0.39 is 0 Å². The lowest BCUT2D eigenvalue weighted by molar-refractivity contribution is 0.134. The first kappa shape index (κ1) is 25.2. The van der Waals surface area contributed by atoms with Gasteiger partial charge in [-0.25, -0.2) is 14.8 Å². The lowest BCUT2D eigenvalue weighted by atomic mass is 9.96. The largest absolute Gasteiger partial charge is 0.487 e. The average molecular weight is 529 g/mol. The molecule has 1 saturated carbocycles. The molecule has 0 unspecified atom stereocenters. The Labute approximate surface area is 219 Å². The van der Waals surface area contributed by atoms with Crippen molar-refractivity contribution in [2.45, 2.75) is 38.1 Å². The van der Waals surface area contributed by atoms with Gasteiger partial charge in [-0.1, -0.05) is 30.9 Å². The van der Waals surface area contributed by atoms with Crippen LogP contribution in [0.4, 0.5) is 10.5 Å². The maximum absolute atomic E-state index is 12.4. The van der Waals surface area contributed by atoms with Crippen LogP contribution in [0.2, 0.25) is 5.02 Å². The third kappa shape index (κ3) is 5.91. The van der Waals surface area contributed by atoms with E-state index in [9.17, 15) is 4.79 Å². The minimum atomic E-state index is -0.267. The molecule has 2 amide bonds. The zero-order chi connectivity index (χ0) is 25.6. The van der Waals surface area contributed by atoms with E-state index in [0.717, 1.165) is 25.7 Å². The minimum absolute atomic E-state index is 0.198. The summed E-state index contributed by atoms with van der Waals surface area (Å²) in [4.78, 5) is 21.1. The van der Waals surface area contributed by atoms with Crippen molar-refractivity contribution in [3.05, 3.63) is 35.6 Å². The highest BCUT2D eigenvalue weighted by Crippen LogP contribution is 2.48. The predicted molar refractivity (Wildman–Crippen MR) is 138 cm³/mol. The molecule has 1 aliphatic heterocycles. The number of rotatable bonds is 8. The van der Waals surface area contributed by atoms with Crippen LogP contribution < -0.4 is 29.6 Å². The Kier molecular flexibility index (Phi) is 7.96. The number of carbonyl (C=O) groups is 1. The summed E-state index contributed by atoms with van der Waals surface area (Å²) in [5, 5.41) is 6.74. The Hall–Kier alpha value is -3.50. The standard InChI is InChI=1S/C26H29ClN4O6/c1-33-9-10-34-21-14-20-22(24-23(21)35-11-12-36-24)25(29-15-28-20)37-17-7-8-19(18(27)13-17)31-26(32)30-16-5-3-2-4-6-16/h7-8,13-16H,2-6,9-12H2,1H3,(H2,30,31,32). The highest BCUT2D eigenvalue weighted by molar-refractivity contribution is 6.33. The molecular formula is C26H29ClN4O6. The number of hydrogen-bond acceptors (Lipinski definition) is 8. The summed E-state index contributed by atoms with van der Waals surface area (Å²) in [5.74, 6) is 2.15. The topological polar surface area (TPSA) is 113 Å². The molecule has 10 nitrogen and oxygen atoms in total.